The van der Waals surface area contributed by atoms with E-state index in [1.807, 2.05) is 25.1 Å². The first-order valence-electron chi connectivity index (χ1n) is 12.3. The number of nitrogens with zero attached hydrogens (tertiary/aromatic N) is 2. The Labute approximate surface area is 219 Å². The number of para-hydroxylation sites is 1. The third kappa shape index (κ3) is 5.40. The number of carboxylic acids is 1. The molecule has 0 spiro atoms. The SMILES string of the molecule is CCN1CCN(C(=O)NC(C(=O)C[C@H]2Cc3cccc(C)c3OB2O)c2ccc(C(=O)O)cc2)C(=O)C1=O. The first kappa shape index (κ1) is 26.9. The van der Waals surface area contributed by atoms with Crippen molar-refractivity contribution in [3.05, 3.63) is 64.7 Å². The standard InChI is InChI=1S/C26H28BN3O8/c1-3-29-11-12-30(24(33)23(29)32)26(36)28-21(16-7-9-17(10-8-16)25(34)35)20(31)14-19-13-18-6-4-5-15(2)22(18)38-27(19)37/h4-10,19,21,37H,3,11-14H2,1-2H3,(H,28,36)(H,34,35)/t19-,21?/m1/s1. The Bertz CT molecular complexity index is 1280. The van der Waals surface area contributed by atoms with E-state index in [2.05, 4.69) is 5.32 Å². The lowest BCUT2D eigenvalue weighted by Crippen LogP contribution is -2.58. The van der Waals surface area contributed by atoms with Gasteiger partial charge in [0.2, 0.25) is 0 Å². The number of aryl methyl sites for hydroxylation is 1. The number of piperazine rings is 1. The fourth-order valence-corrected chi connectivity index (χ4v) is 4.73. The Morgan fingerprint density at radius 2 is 1.82 bits per heavy atom. The summed E-state index contributed by atoms with van der Waals surface area (Å²) >= 11 is 0. The number of hydrogen-bond acceptors (Lipinski definition) is 7. The monoisotopic (exact) mass is 521 g/mol. The molecule has 1 fully saturated rings. The Morgan fingerprint density at radius 1 is 1.11 bits per heavy atom. The lowest BCUT2D eigenvalue weighted by atomic mass is 9.64. The van der Waals surface area contributed by atoms with Gasteiger partial charge in [-0.3, -0.25) is 19.3 Å². The molecule has 4 amide bonds. The van der Waals surface area contributed by atoms with Crippen LogP contribution in [0, 0.1) is 6.92 Å². The molecule has 198 valence electrons. The first-order valence-corrected chi connectivity index (χ1v) is 12.3. The number of fused-ring (bicyclic) bond motifs is 1. The lowest BCUT2D eigenvalue weighted by Gasteiger charge is -2.33. The molecule has 0 radical (unpaired) electrons. The van der Waals surface area contributed by atoms with Crippen LogP contribution in [0.25, 0.3) is 0 Å². The zero-order chi connectivity index (χ0) is 27.6. The van der Waals surface area contributed by atoms with E-state index >= 15 is 0 Å². The minimum absolute atomic E-state index is 0.00850. The van der Waals surface area contributed by atoms with Gasteiger partial charge in [-0.1, -0.05) is 30.3 Å². The molecule has 0 saturated carbocycles. The van der Waals surface area contributed by atoms with Crippen LogP contribution in [0.3, 0.4) is 0 Å². The number of imide groups is 1. The molecule has 2 aromatic rings. The molecular weight excluding hydrogens is 493 g/mol. The van der Waals surface area contributed by atoms with Crippen LogP contribution in [-0.4, -0.2) is 76.3 Å². The van der Waals surface area contributed by atoms with Crippen LogP contribution >= 0.6 is 0 Å². The van der Waals surface area contributed by atoms with Gasteiger partial charge in [-0.2, -0.15) is 0 Å². The van der Waals surface area contributed by atoms with Gasteiger partial charge in [-0.15, -0.1) is 0 Å². The highest BCUT2D eigenvalue weighted by molar-refractivity contribution is 6.46. The van der Waals surface area contributed by atoms with Gasteiger partial charge in [-0.05, 0) is 49.1 Å². The Kier molecular flexibility index (Phi) is 7.82. The average Bonchev–Trinajstić information content (AvgIpc) is 2.89. The van der Waals surface area contributed by atoms with Crippen molar-refractivity contribution in [3.63, 3.8) is 0 Å². The lowest BCUT2D eigenvalue weighted by molar-refractivity contribution is -0.153. The van der Waals surface area contributed by atoms with Gasteiger partial charge in [-0.25, -0.2) is 9.59 Å². The van der Waals surface area contributed by atoms with Crippen molar-refractivity contribution in [2.75, 3.05) is 19.6 Å². The molecule has 0 aliphatic carbocycles. The van der Waals surface area contributed by atoms with Crippen LogP contribution in [0.1, 0.15) is 46.4 Å². The van der Waals surface area contributed by atoms with Gasteiger partial charge < -0.3 is 25.0 Å². The molecule has 2 aliphatic heterocycles. The molecular formula is C26H28BN3O8. The number of ketones is 1. The normalized spacial score (nSPS) is 18.0. The van der Waals surface area contributed by atoms with E-state index in [9.17, 15) is 34.1 Å². The van der Waals surface area contributed by atoms with Gasteiger partial charge in [0.15, 0.2) is 5.78 Å². The number of aromatic carboxylic acids is 1. The van der Waals surface area contributed by atoms with Gasteiger partial charge in [0, 0.05) is 31.9 Å². The molecule has 38 heavy (non-hydrogen) atoms. The summed E-state index contributed by atoms with van der Waals surface area (Å²) < 4.78 is 5.68. The van der Waals surface area contributed by atoms with Gasteiger partial charge in [0.25, 0.3) is 0 Å². The molecule has 3 N–H and O–H groups in total. The molecule has 2 aliphatic rings. The van der Waals surface area contributed by atoms with Crippen LogP contribution < -0.4 is 9.97 Å². The van der Waals surface area contributed by atoms with Gasteiger partial charge in [0.1, 0.15) is 11.8 Å². The highest BCUT2D eigenvalue weighted by atomic mass is 16.5. The minimum atomic E-state index is -1.26. The number of hydrogen-bond donors (Lipinski definition) is 3. The van der Waals surface area contributed by atoms with Crippen molar-refractivity contribution in [1.82, 2.24) is 15.1 Å². The Balaban J connectivity index is 1.56. The molecule has 1 unspecified atom stereocenters. The molecule has 11 nitrogen and oxygen atoms in total. The first-order chi connectivity index (χ1) is 18.1. The van der Waals surface area contributed by atoms with Crippen LogP contribution in [0.4, 0.5) is 4.79 Å². The Hall–Kier alpha value is -4.19. The third-order valence-corrected chi connectivity index (χ3v) is 6.90. The quantitative estimate of drug-likeness (QED) is 0.367. The van der Waals surface area contributed by atoms with Crippen LogP contribution in [0.2, 0.25) is 5.82 Å². The predicted molar refractivity (Wildman–Crippen MR) is 135 cm³/mol. The number of Topliss-reactive ketones (excluding diaryl/α,β-unsaturated/α-hetero) is 1. The fourth-order valence-electron chi connectivity index (χ4n) is 4.73. The van der Waals surface area contributed by atoms with E-state index in [0.29, 0.717) is 24.3 Å². The second-order valence-electron chi connectivity index (χ2n) is 9.36. The van der Waals surface area contributed by atoms with E-state index in [-0.39, 0.29) is 25.1 Å². The summed E-state index contributed by atoms with van der Waals surface area (Å²) in [5.41, 5.74) is 1.99. The number of urea groups is 1. The molecule has 4 rings (SSSR count). The number of carboxylic acid groups (broad SMARTS) is 1. The van der Waals surface area contributed by atoms with Crippen LogP contribution in [-0.2, 0) is 20.8 Å². The number of amides is 4. The second kappa shape index (κ2) is 11.1. The predicted octanol–water partition coefficient (Wildman–Crippen LogP) is 1.58. The van der Waals surface area contributed by atoms with E-state index in [1.165, 1.54) is 29.2 Å². The molecule has 2 heterocycles. The Morgan fingerprint density at radius 3 is 2.47 bits per heavy atom. The molecule has 2 aromatic carbocycles. The van der Waals surface area contributed by atoms with Gasteiger partial charge >= 0.3 is 30.9 Å². The fraction of sp³-hybridized carbons (Fsp3) is 0.346. The van der Waals surface area contributed by atoms with Crippen molar-refractivity contribution in [1.29, 1.82) is 0 Å². The van der Waals surface area contributed by atoms with Crippen LogP contribution in [0.15, 0.2) is 42.5 Å². The number of carbonyl (C=O) groups excluding carboxylic acids is 4. The molecule has 0 bridgehead atoms. The molecule has 2 atom stereocenters. The smallest absolute Gasteiger partial charge is 0.526 e. The topological polar surface area (TPSA) is 154 Å². The summed E-state index contributed by atoms with van der Waals surface area (Å²) in [5.74, 6) is -3.46. The van der Waals surface area contributed by atoms with Gasteiger partial charge in [0.05, 0.1) is 5.56 Å². The molecule has 0 aromatic heterocycles. The maximum Gasteiger partial charge on any atom is 0.526 e. The zero-order valence-electron chi connectivity index (χ0n) is 21.0. The third-order valence-electron chi connectivity index (χ3n) is 6.90. The van der Waals surface area contributed by atoms with Crippen molar-refractivity contribution in [3.8, 4) is 5.75 Å². The summed E-state index contributed by atoms with van der Waals surface area (Å²) in [5, 5.41) is 22.4. The number of rotatable bonds is 7. The number of nitrogens with one attached hydrogen (secondary N) is 1. The summed E-state index contributed by atoms with van der Waals surface area (Å²) in [4.78, 5) is 64.8. The van der Waals surface area contributed by atoms with Crippen LogP contribution in [0.5, 0.6) is 5.75 Å². The highest BCUT2D eigenvalue weighted by Crippen LogP contribution is 2.36. The maximum atomic E-state index is 13.5. The summed E-state index contributed by atoms with van der Waals surface area (Å²) in [6.45, 7) is 4.04. The summed E-state index contributed by atoms with van der Waals surface area (Å²) in [6.07, 6.45) is 0.200. The maximum absolute atomic E-state index is 13.5. The summed E-state index contributed by atoms with van der Waals surface area (Å²) in [7, 11) is -1.25. The van der Waals surface area contributed by atoms with E-state index in [4.69, 9.17) is 4.65 Å². The number of likely N-dealkylation sites (N-methyl/N-ethyl adjacent to an activating group) is 1. The second-order valence-corrected chi connectivity index (χ2v) is 9.36. The highest BCUT2D eigenvalue weighted by Gasteiger charge is 2.40. The average molecular weight is 521 g/mol. The van der Waals surface area contributed by atoms with E-state index in [0.717, 1.165) is 16.0 Å². The van der Waals surface area contributed by atoms with E-state index < -0.39 is 48.6 Å². The largest absolute Gasteiger partial charge is 0.536 e. The number of carbonyl (C=O) groups is 5. The zero-order valence-corrected chi connectivity index (χ0v) is 21.0. The summed E-state index contributed by atoms with van der Waals surface area (Å²) in [6, 6.07) is 8.81. The van der Waals surface area contributed by atoms with Crippen molar-refractivity contribution < 1.29 is 38.8 Å². The number of benzene rings is 2. The van der Waals surface area contributed by atoms with E-state index in [1.54, 1.807) is 6.92 Å². The molecule has 1 saturated heterocycles. The van der Waals surface area contributed by atoms with Crippen molar-refractivity contribution in [2.45, 2.75) is 38.5 Å². The van der Waals surface area contributed by atoms with Crippen molar-refractivity contribution >= 4 is 36.7 Å². The minimum Gasteiger partial charge on any atom is -0.536 e. The van der Waals surface area contributed by atoms with Crippen molar-refractivity contribution in [2.24, 2.45) is 0 Å². The molecule has 12 heteroatoms.